The van der Waals surface area contributed by atoms with Crippen LogP contribution in [-0.4, -0.2) is 13.1 Å². The van der Waals surface area contributed by atoms with Crippen LogP contribution in [0.2, 0.25) is 0 Å². The van der Waals surface area contributed by atoms with E-state index in [0.29, 0.717) is 0 Å². The van der Waals surface area contributed by atoms with Crippen molar-refractivity contribution in [3.63, 3.8) is 0 Å². The van der Waals surface area contributed by atoms with Gasteiger partial charge in [-0.15, -0.1) is 0 Å². The van der Waals surface area contributed by atoms with Crippen molar-refractivity contribution >= 4 is 15.9 Å². The number of hydrogen-bond donors (Lipinski definition) is 1. The van der Waals surface area contributed by atoms with Gasteiger partial charge in [-0.2, -0.15) is 0 Å². The van der Waals surface area contributed by atoms with Gasteiger partial charge in [-0.25, -0.2) is 4.39 Å². The van der Waals surface area contributed by atoms with E-state index in [1.165, 1.54) is 6.07 Å². The van der Waals surface area contributed by atoms with Crippen LogP contribution in [-0.2, 0) is 6.42 Å². The van der Waals surface area contributed by atoms with E-state index in [0.717, 1.165) is 36.0 Å². The van der Waals surface area contributed by atoms with Gasteiger partial charge in [0.15, 0.2) is 0 Å². The molecular weight excluding hydrogens is 257 g/mol. The highest BCUT2D eigenvalue weighted by atomic mass is 79.9. The van der Waals surface area contributed by atoms with E-state index < -0.39 is 0 Å². The largest absolute Gasteiger partial charge is 0.316 e. The fourth-order valence-corrected chi connectivity index (χ4v) is 2.47. The summed E-state index contributed by atoms with van der Waals surface area (Å²) in [7, 11) is 0. The van der Waals surface area contributed by atoms with Crippen LogP contribution in [0.25, 0.3) is 0 Å². The molecule has 0 saturated carbocycles. The van der Waals surface area contributed by atoms with E-state index in [1.54, 1.807) is 6.07 Å². The van der Waals surface area contributed by atoms with Gasteiger partial charge in [-0.1, -0.05) is 22.9 Å². The van der Waals surface area contributed by atoms with Gasteiger partial charge in [0, 0.05) is 17.6 Å². The van der Waals surface area contributed by atoms with Crippen molar-refractivity contribution in [2.45, 2.75) is 19.8 Å². The molecule has 0 atom stereocenters. The third-order valence-electron chi connectivity index (χ3n) is 3.32. The fourth-order valence-electron chi connectivity index (χ4n) is 2.06. The standard InChI is InChI=1S/C12H15BrFN/c1-2-12(7-15-8-12)6-9-5-10(13)3-4-11(9)14/h3-5,15H,2,6-8H2,1H3. The number of benzene rings is 1. The monoisotopic (exact) mass is 271 g/mol. The number of halogens is 2. The molecule has 2 rings (SSSR count). The third-order valence-corrected chi connectivity index (χ3v) is 3.82. The number of rotatable bonds is 3. The Balaban J connectivity index is 2.19. The van der Waals surface area contributed by atoms with Crippen molar-refractivity contribution in [3.05, 3.63) is 34.1 Å². The first-order valence-corrected chi connectivity index (χ1v) is 6.09. The van der Waals surface area contributed by atoms with Crippen molar-refractivity contribution in [2.75, 3.05) is 13.1 Å². The maximum absolute atomic E-state index is 13.6. The third kappa shape index (κ3) is 2.23. The molecule has 1 aromatic carbocycles. The fraction of sp³-hybridized carbons (Fsp3) is 0.500. The van der Waals surface area contributed by atoms with Crippen LogP contribution in [0.15, 0.2) is 22.7 Å². The Morgan fingerprint density at radius 2 is 2.20 bits per heavy atom. The molecule has 1 saturated heterocycles. The zero-order valence-corrected chi connectivity index (χ0v) is 10.4. The van der Waals surface area contributed by atoms with E-state index in [-0.39, 0.29) is 11.2 Å². The molecule has 0 spiro atoms. The van der Waals surface area contributed by atoms with Gasteiger partial charge in [0.05, 0.1) is 0 Å². The summed E-state index contributed by atoms with van der Waals surface area (Å²) in [6.45, 7) is 4.20. The summed E-state index contributed by atoms with van der Waals surface area (Å²) >= 11 is 3.38. The zero-order valence-electron chi connectivity index (χ0n) is 8.82. The second-order valence-corrected chi connectivity index (χ2v) is 5.29. The highest BCUT2D eigenvalue weighted by Gasteiger charge is 2.35. The van der Waals surface area contributed by atoms with Gasteiger partial charge in [0.25, 0.3) is 0 Å². The second-order valence-electron chi connectivity index (χ2n) is 4.37. The molecule has 3 heteroatoms. The summed E-state index contributed by atoms with van der Waals surface area (Å²) in [6.07, 6.45) is 1.94. The van der Waals surface area contributed by atoms with E-state index in [1.807, 2.05) is 6.07 Å². The Hall–Kier alpha value is -0.410. The molecule has 0 radical (unpaired) electrons. The van der Waals surface area contributed by atoms with E-state index in [2.05, 4.69) is 28.2 Å². The van der Waals surface area contributed by atoms with Crippen molar-refractivity contribution in [1.29, 1.82) is 0 Å². The highest BCUT2D eigenvalue weighted by molar-refractivity contribution is 9.10. The first-order chi connectivity index (χ1) is 7.15. The first kappa shape index (κ1) is 11.1. The molecule has 15 heavy (non-hydrogen) atoms. The molecule has 1 nitrogen and oxygen atoms in total. The smallest absolute Gasteiger partial charge is 0.126 e. The molecule has 1 N–H and O–H groups in total. The summed E-state index contributed by atoms with van der Waals surface area (Å²) in [4.78, 5) is 0. The van der Waals surface area contributed by atoms with Crippen LogP contribution in [0.3, 0.4) is 0 Å². The first-order valence-electron chi connectivity index (χ1n) is 5.30. The average Bonchev–Trinajstić information content (AvgIpc) is 2.17. The summed E-state index contributed by atoms with van der Waals surface area (Å²) in [5.41, 5.74) is 1.11. The Bertz CT molecular complexity index is 355. The maximum Gasteiger partial charge on any atom is 0.126 e. The zero-order chi connectivity index (χ0) is 10.9. The van der Waals surface area contributed by atoms with Gasteiger partial charge in [-0.05, 0) is 42.0 Å². The summed E-state index contributed by atoms with van der Waals surface area (Å²) < 4.78 is 14.5. The van der Waals surface area contributed by atoms with E-state index in [4.69, 9.17) is 0 Å². The Morgan fingerprint density at radius 1 is 1.47 bits per heavy atom. The van der Waals surface area contributed by atoms with Gasteiger partial charge >= 0.3 is 0 Å². The molecular formula is C12H15BrFN. The summed E-state index contributed by atoms with van der Waals surface area (Å²) in [6, 6.07) is 5.18. The molecule has 1 aliphatic heterocycles. The Labute approximate surface area is 98.2 Å². The summed E-state index contributed by atoms with van der Waals surface area (Å²) in [5, 5.41) is 3.27. The minimum absolute atomic E-state index is 0.0853. The molecule has 0 aliphatic carbocycles. The highest BCUT2D eigenvalue weighted by Crippen LogP contribution is 2.32. The van der Waals surface area contributed by atoms with Crippen LogP contribution in [0.4, 0.5) is 4.39 Å². The molecule has 1 fully saturated rings. The molecule has 0 bridgehead atoms. The van der Waals surface area contributed by atoms with E-state index in [9.17, 15) is 4.39 Å². The quantitative estimate of drug-likeness (QED) is 0.891. The van der Waals surface area contributed by atoms with Crippen LogP contribution in [0.1, 0.15) is 18.9 Å². The minimum atomic E-state index is -0.0853. The lowest BCUT2D eigenvalue weighted by Crippen LogP contribution is -2.54. The predicted octanol–water partition coefficient (Wildman–Crippen LogP) is 3.13. The van der Waals surface area contributed by atoms with Crippen LogP contribution < -0.4 is 5.32 Å². The molecule has 0 unspecified atom stereocenters. The van der Waals surface area contributed by atoms with Crippen LogP contribution in [0, 0.1) is 11.2 Å². The lowest BCUT2D eigenvalue weighted by atomic mass is 9.74. The minimum Gasteiger partial charge on any atom is -0.316 e. The van der Waals surface area contributed by atoms with Gasteiger partial charge < -0.3 is 5.32 Å². The van der Waals surface area contributed by atoms with Crippen molar-refractivity contribution in [1.82, 2.24) is 5.32 Å². The SMILES string of the molecule is CCC1(Cc2cc(Br)ccc2F)CNC1. The lowest BCUT2D eigenvalue weighted by Gasteiger charge is -2.42. The van der Waals surface area contributed by atoms with Gasteiger partial charge in [-0.3, -0.25) is 0 Å². The van der Waals surface area contributed by atoms with E-state index >= 15 is 0 Å². The molecule has 82 valence electrons. The predicted molar refractivity (Wildman–Crippen MR) is 63.4 cm³/mol. The summed E-state index contributed by atoms with van der Waals surface area (Å²) in [5.74, 6) is -0.0853. The van der Waals surface area contributed by atoms with Crippen molar-refractivity contribution in [3.8, 4) is 0 Å². The second kappa shape index (κ2) is 4.22. The molecule has 1 heterocycles. The Kier molecular flexibility index (Phi) is 3.12. The topological polar surface area (TPSA) is 12.0 Å². The van der Waals surface area contributed by atoms with Crippen LogP contribution >= 0.6 is 15.9 Å². The van der Waals surface area contributed by atoms with Crippen molar-refractivity contribution < 1.29 is 4.39 Å². The van der Waals surface area contributed by atoms with Crippen molar-refractivity contribution in [2.24, 2.45) is 5.41 Å². The lowest BCUT2D eigenvalue weighted by molar-refractivity contribution is 0.158. The maximum atomic E-state index is 13.6. The van der Waals surface area contributed by atoms with Gasteiger partial charge in [0.1, 0.15) is 5.82 Å². The molecule has 0 aromatic heterocycles. The average molecular weight is 272 g/mol. The van der Waals surface area contributed by atoms with Gasteiger partial charge in [0.2, 0.25) is 0 Å². The molecule has 1 aliphatic rings. The molecule has 1 aromatic rings. The van der Waals surface area contributed by atoms with Crippen LogP contribution in [0.5, 0.6) is 0 Å². The molecule has 0 amide bonds. The number of nitrogens with one attached hydrogen (secondary N) is 1. The Morgan fingerprint density at radius 3 is 2.73 bits per heavy atom. The normalized spacial score (nSPS) is 18.6. The number of hydrogen-bond acceptors (Lipinski definition) is 1.